The zero-order valence-corrected chi connectivity index (χ0v) is 16.7. The maximum atomic E-state index is 12.4. The van der Waals surface area contributed by atoms with Crippen LogP contribution < -0.4 is 10.6 Å². The van der Waals surface area contributed by atoms with Crippen LogP contribution in [0.5, 0.6) is 0 Å². The number of nitrogens with one attached hydrogen (secondary N) is 2. The number of amides is 2. The van der Waals surface area contributed by atoms with Crippen molar-refractivity contribution in [2.75, 3.05) is 6.26 Å². The highest BCUT2D eigenvalue weighted by molar-refractivity contribution is 7.98. The molecule has 148 valence electrons. The first-order valence-corrected chi connectivity index (χ1v) is 10.6. The molecule has 1 aliphatic rings. The topological polar surface area (TPSA) is 95.5 Å². The predicted octanol–water partition coefficient (Wildman–Crippen LogP) is 3.13. The molecule has 2 unspecified atom stereocenters. The van der Waals surface area contributed by atoms with Gasteiger partial charge in [-0.25, -0.2) is 0 Å². The largest absolute Gasteiger partial charge is 0.481 e. The molecule has 6 nitrogen and oxygen atoms in total. The Hall–Kier alpha value is -2.02. The van der Waals surface area contributed by atoms with Gasteiger partial charge in [-0.1, -0.05) is 25.0 Å². The highest BCUT2D eigenvalue weighted by Crippen LogP contribution is 2.25. The van der Waals surface area contributed by atoms with Crippen LogP contribution in [0.4, 0.5) is 0 Å². The summed E-state index contributed by atoms with van der Waals surface area (Å²) >= 11 is 1.60. The van der Waals surface area contributed by atoms with E-state index in [1.165, 1.54) is 0 Å². The summed E-state index contributed by atoms with van der Waals surface area (Å²) in [6.07, 6.45) is 5.89. The molecule has 0 radical (unpaired) electrons. The fraction of sp³-hybridized carbons (Fsp3) is 0.550. The number of aliphatic carboxylic acids is 1. The molecule has 0 aliphatic heterocycles. The van der Waals surface area contributed by atoms with Crippen LogP contribution >= 0.6 is 11.8 Å². The summed E-state index contributed by atoms with van der Waals surface area (Å²) in [4.78, 5) is 36.8. The number of rotatable bonds is 9. The van der Waals surface area contributed by atoms with E-state index >= 15 is 0 Å². The van der Waals surface area contributed by atoms with Gasteiger partial charge >= 0.3 is 5.97 Å². The average Bonchev–Trinajstić information content (AvgIpc) is 3.15. The lowest BCUT2D eigenvalue weighted by Gasteiger charge is -2.20. The molecule has 1 aromatic carbocycles. The zero-order chi connectivity index (χ0) is 19.8. The van der Waals surface area contributed by atoms with Crippen LogP contribution in [0.3, 0.4) is 0 Å². The number of hydrogen-bond acceptors (Lipinski definition) is 4. The molecule has 1 saturated carbocycles. The van der Waals surface area contributed by atoms with Crippen molar-refractivity contribution in [2.45, 2.75) is 62.4 Å². The third-order valence-corrected chi connectivity index (χ3v) is 5.58. The SMILES string of the molecule is CSc1ccc(C(CC(=O)O)NC(=O)CC(C)NC(=O)C2CCCC2)cc1. The van der Waals surface area contributed by atoms with E-state index in [9.17, 15) is 14.4 Å². The molecule has 2 amide bonds. The van der Waals surface area contributed by atoms with Gasteiger partial charge in [0.25, 0.3) is 0 Å². The van der Waals surface area contributed by atoms with Gasteiger partial charge in [0.05, 0.1) is 12.5 Å². The molecule has 1 aromatic rings. The highest BCUT2D eigenvalue weighted by atomic mass is 32.2. The van der Waals surface area contributed by atoms with Crippen LogP contribution in [-0.2, 0) is 14.4 Å². The molecule has 2 atom stereocenters. The standard InChI is InChI=1S/C20H28N2O4S/c1-13(21-20(26)15-5-3-4-6-15)11-18(23)22-17(12-19(24)25)14-7-9-16(27-2)10-8-14/h7-10,13,15,17H,3-6,11-12H2,1-2H3,(H,21,26)(H,22,23)(H,24,25). The monoisotopic (exact) mass is 392 g/mol. The lowest BCUT2D eigenvalue weighted by Crippen LogP contribution is -2.40. The molecule has 0 heterocycles. The Bertz CT molecular complexity index is 656. The Morgan fingerprint density at radius 3 is 2.30 bits per heavy atom. The smallest absolute Gasteiger partial charge is 0.305 e. The Balaban J connectivity index is 1.91. The van der Waals surface area contributed by atoms with E-state index in [0.717, 1.165) is 36.1 Å². The van der Waals surface area contributed by atoms with Gasteiger partial charge in [0, 0.05) is 23.3 Å². The highest BCUT2D eigenvalue weighted by Gasteiger charge is 2.25. The number of carbonyl (C=O) groups excluding carboxylic acids is 2. The fourth-order valence-corrected chi connectivity index (χ4v) is 3.80. The van der Waals surface area contributed by atoms with E-state index in [2.05, 4.69) is 10.6 Å². The van der Waals surface area contributed by atoms with Crippen molar-refractivity contribution >= 4 is 29.5 Å². The lowest BCUT2D eigenvalue weighted by molar-refractivity contribution is -0.137. The van der Waals surface area contributed by atoms with Crippen molar-refractivity contribution in [2.24, 2.45) is 5.92 Å². The Labute approximate surface area is 164 Å². The van der Waals surface area contributed by atoms with Gasteiger partial charge in [0.2, 0.25) is 11.8 Å². The molecule has 0 aromatic heterocycles. The predicted molar refractivity (Wildman–Crippen MR) is 106 cm³/mol. The van der Waals surface area contributed by atoms with Gasteiger partial charge in [-0.3, -0.25) is 14.4 Å². The fourth-order valence-electron chi connectivity index (χ4n) is 3.39. The van der Waals surface area contributed by atoms with Crippen LogP contribution in [0.15, 0.2) is 29.2 Å². The van der Waals surface area contributed by atoms with E-state index in [0.29, 0.717) is 0 Å². The number of thioether (sulfide) groups is 1. The van der Waals surface area contributed by atoms with E-state index < -0.39 is 12.0 Å². The first-order chi connectivity index (χ1) is 12.9. The number of carbonyl (C=O) groups is 3. The lowest BCUT2D eigenvalue weighted by atomic mass is 10.0. The van der Waals surface area contributed by atoms with Crippen molar-refractivity contribution in [3.05, 3.63) is 29.8 Å². The number of carboxylic acid groups (broad SMARTS) is 1. The Kier molecular flexibility index (Phi) is 8.16. The number of benzene rings is 1. The van der Waals surface area contributed by atoms with Crippen LogP contribution in [0.2, 0.25) is 0 Å². The summed E-state index contributed by atoms with van der Waals surface area (Å²) in [5, 5.41) is 14.9. The molecule has 1 aliphatic carbocycles. The summed E-state index contributed by atoms with van der Waals surface area (Å²) in [6.45, 7) is 1.80. The van der Waals surface area contributed by atoms with Crippen molar-refractivity contribution in [1.29, 1.82) is 0 Å². The Morgan fingerprint density at radius 1 is 1.11 bits per heavy atom. The third kappa shape index (κ3) is 6.90. The van der Waals surface area contributed by atoms with Crippen molar-refractivity contribution in [3.63, 3.8) is 0 Å². The summed E-state index contributed by atoms with van der Waals surface area (Å²) in [7, 11) is 0. The van der Waals surface area contributed by atoms with Gasteiger partial charge in [-0.15, -0.1) is 11.8 Å². The molecule has 0 saturated heterocycles. The summed E-state index contributed by atoms with van der Waals surface area (Å²) in [5.74, 6) is -1.17. The van der Waals surface area contributed by atoms with Crippen molar-refractivity contribution < 1.29 is 19.5 Å². The second-order valence-corrected chi connectivity index (χ2v) is 7.97. The maximum absolute atomic E-state index is 12.4. The van der Waals surface area contributed by atoms with Crippen LogP contribution in [0.25, 0.3) is 0 Å². The van der Waals surface area contributed by atoms with E-state index in [4.69, 9.17) is 5.11 Å². The van der Waals surface area contributed by atoms with Gasteiger partial charge in [0.15, 0.2) is 0 Å². The Morgan fingerprint density at radius 2 is 1.74 bits per heavy atom. The van der Waals surface area contributed by atoms with Crippen LogP contribution in [-0.4, -0.2) is 35.2 Å². The summed E-state index contributed by atoms with van der Waals surface area (Å²) in [6, 6.07) is 6.61. The van der Waals surface area contributed by atoms with Gasteiger partial charge in [0.1, 0.15) is 0 Å². The van der Waals surface area contributed by atoms with Crippen LogP contribution in [0.1, 0.15) is 57.1 Å². The second-order valence-electron chi connectivity index (χ2n) is 7.09. The molecule has 3 N–H and O–H groups in total. The zero-order valence-electron chi connectivity index (χ0n) is 15.9. The first kappa shape index (κ1) is 21.3. The van der Waals surface area contributed by atoms with E-state index in [1.807, 2.05) is 30.5 Å². The molecule has 0 spiro atoms. The normalized spacial score (nSPS) is 16.5. The van der Waals surface area contributed by atoms with Crippen molar-refractivity contribution in [1.82, 2.24) is 10.6 Å². The van der Waals surface area contributed by atoms with Crippen molar-refractivity contribution in [3.8, 4) is 0 Å². The minimum absolute atomic E-state index is 0.0162. The molecular weight excluding hydrogens is 364 g/mol. The van der Waals surface area contributed by atoms with E-state index in [-0.39, 0.29) is 36.6 Å². The minimum Gasteiger partial charge on any atom is -0.481 e. The molecule has 7 heteroatoms. The van der Waals surface area contributed by atoms with Gasteiger partial charge in [-0.2, -0.15) is 0 Å². The molecular formula is C20H28N2O4S. The molecule has 0 bridgehead atoms. The van der Waals surface area contributed by atoms with E-state index in [1.54, 1.807) is 18.7 Å². The quantitative estimate of drug-likeness (QED) is 0.561. The summed E-state index contributed by atoms with van der Waals surface area (Å²) < 4.78 is 0. The maximum Gasteiger partial charge on any atom is 0.305 e. The van der Waals surface area contributed by atoms with Crippen LogP contribution in [0, 0.1) is 5.92 Å². The molecule has 2 rings (SSSR count). The second kappa shape index (κ2) is 10.3. The molecule has 1 fully saturated rings. The first-order valence-electron chi connectivity index (χ1n) is 9.34. The number of carboxylic acids is 1. The average molecular weight is 393 g/mol. The van der Waals surface area contributed by atoms with Gasteiger partial charge in [-0.05, 0) is 43.7 Å². The minimum atomic E-state index is -0.975. The van der Waals surface area contributed by atoms with Gasteiger partial charge < -0.3 is 15.7 Å². The summed E-state index contributed by atoms with van der Waals surface area (Å²) in [5.41, 5.74) is 0.756. The number of hydrogen-bond donors (Lipinski definition) is 3. The molecule has 27 heavy (non-hydrogen) atoms. The third-order valence-electron chi connectivity index (χ3n) is 4.84.